The Morgan fingerprint density at radius 1 is 1.06 bits per heavy atom. The third-order valence-corrected chi connectivity index (χ3v) is 3.07. The van der Waals surface area contributed by atoms with Gasteiger partial charge in [-0.1, -0.05) is 23.8 Å². The maximum Gasteiger partial charge on any atom is 0.123 e. The molecule has 0 saturated heterocycles. The quantitative estimate of drug-likeness (QED) is 0.798. The molecule has 2 rings (SSSR count). The van der Waals surface area contributed by atoms with Crippen LogP contribution in [0, 0.1) is 19.7 Å². The Kier molecular flexibility index (Phi) is 3.34. The standard InChI is InChI=1S/C15H16FNO/c1-9-3-4-10(2)12(7-9)15(18)13-8-11(16)5-6-14(13)17/h3-8,15,18H,17H2,1-2H3. The van der Waals surface area contributed by atoms with Crippen LogP contribution in [0.25, 0.3) is 0 Å². The zero-order chi connectivity index (χ0) is 13.3. The highest BCUT2D eigenvalue weighted by molar-refractivity contribution is 5.51. The summed E-state index contributed by atoms with van der Waals surface area (Å²) in [5.41, 5.74) is 9.35. The highest BCUT2D eigenvalue weighted by atomic mass is 19.1. The topological polar surface area (TPSA) is 46.2 Å². The van der Waals surface area contributed by atoms with Crippen LogP contribution in [0.2, 0.25) is 0 Å². The number of nitrogens with two attached hydrogens (primary N) is 1. The van der Waals surface area contributed by atoms with Crippen molar-refractivity contribution in [2.45, 2.75) is 20.0 Å². The van der Waals surface area contributed by atoms with Crippen molar-refractivity contribution < 1.29 is 9.50 Å². The largest absolute Gasteiger partial charge is 0.398 e. The predicted molar refractivity (Wildman–Crippen MR) is 70.8 cm³/mol. The molecule has 0 amide bonds. The molecule has 0 aliphatic carbocycles. The van der Waals surface area contributed by atoms with E-state index in [1.54, 1.807) is 0 Å². The van der Waals surface area contributed by atoms with Gasteiger partial charge in [0.2, 0.25) is 0 Å². The minimum absolute atomic E-state index is 0.393. The lowest BCUT2D eigenvalue weighted by atomic mass is 9.95. The second-order valence-electron chi connectivity index (χ2n) is 4.54. The summed E-state index contributed by atoms with van der Waals surface area (Å²) in [6.07, 6.45) is -0.902. The van der Waals surface area contributed by atoms with Crippen molar-refractivity contribution >= 4 is 5.69 Å². The Balaban J connectivity index is 2.50. The lowest BCUT2D eigenvalue weighted by molar-refractivity contribution is 0.219. The Labute approximate surface area is 106 Å². The van der Waals surface area contributed by atoms with Gasteiger partial charge >= 0.3 is 0 Å². The molecule has 0 heterocycles. The van der Waals surface area contributed by atoms with Gasteiger partial charge in [-0.05, 0) is 43.2 Å². The van der Waals surface area contributed by atoms with Gasteiger partial charge in [0.15, 0.2) is 0 Å². The second-order valence-corrected chi connectivity index (χ2v) is 4.54. The Morgan fingerprint density at radius 3 is 2.50 bits per heavy atom. The maximum atomic E-state index is 13.2. The van der Waals surface area contributed by atoms with Crippen LogP contribution < -0.4 is 5.73 Å². The van der Waals surface area contributed by atoms with Gasteiger partial charge in [-0.25, -0.2) is 4.39 Å². The molecule has 1 unspecified atom stereocenters. The number of rotatable bonds is 2. The van der Waals surface area contributed by atoms with Crippen molar-refractivity contribution in [3.63, 3.8) is 0 Å². The number of aliphatic hydroxyl groups is 1. The first-order valence-corrected chi connectivity index (χ1v) is 5.79. The normalized spacial score (nSPS) is 12.4. The fourth-order valence-electron chi connectivity index (χ4n) is 2.00. The summed E-state index contributed by atoms with van der Waals surface area (Å²) in [5.74, 6) is -0.399. The van der Waals surface area contributed by atoms with E-state index in [9.17, 15) is 9.50 Å². The van der Waals surface area contributed by atoms with Gasteiger partial charge in [0.25, 0.3) is 0 Å². The van der Waals surface area contributed by atoms with Crippen molar-refractivity contribution in [1.82, 2.24) is 0 Å². The second kappa shape index (κ2) is 4.78. The summed E-state index contributed by atoms with van der Waals surface area (Å²) in [5, 5.41) is 10.4. The molecule has 1 atom stereocenters. The number of hydrogen-bond acceptors (Lipinski definition) is 2. The first-order valence-electron chi connectivity index (χ1n) is 5.79. The first-order chi connectivity index (χ1) is 8.49. The van der Waals surface area contributed by atoms with Gasteiger partial charge in [-0.15, -0.1) is 0 Å². The smallest absolute Gasteiger partial charge is 0.123 e. The van der Waals surface area contributed by atoms with Gasteiger partial charge in [-0.3, -0.25) is 0 Å². The summed E-state index contributed by atoms with van der Waals surface area (Å²) in [7, 11) is 0. The number of aliphatic hydroxyl groups excluding tert-OH is 1. The molecule has 0 bridgehead atoms. The molecule has 3 N–H and O–H groups in total. The van der Waals surface area contributed by atoms with E-state index in [-0.39, 0.29) is 0 Å². The zero-order valence-corrected chi connectivity index (χ0v) is 10.4. The minimum atomic E-state index is -0.902. The van der Waals surface area contributed by atoms with Gasteiger partial charge in [0.05, 0.1) is 0 Å². The maximum absolute atomic E-state index is 13.2. The van der Waals surface area contributed by atoms with Gasteiger partial charge in [0, 0.05) is 11.3 Å². The molecule has 0 fully saturated rings. The molecule has 0 aromatic heterocycles. The molecule has 0 aliphatic heterocycles. The highest BCUT2D eigenvalue weighted by Crippen LogP contribution is 2.29. The molecule has 2 aromatic carbocycles. The molecular formula is C15H16FNO. The molecule has 18 heavy (non-hydrogen) atoms. The fourth-order valence-corrected chi connectivity index (χ4v) is 2.00. The van der Waals surface area contributed by atoms with E-state index in [0.717, 1.165) is 16.7 Å². The zero-order valence-electron chi connectivity index (χ0n) is 10.4. The van der Waals surface area contributed by atoms with E-state index in [1.165, 1.54) is 18.2 Å². The number of benzene rings is 2. The average molecular weight is 245 g/mol. The third kappa shape index (κ3) is 2.36. The minimum Gasteiger partial charge on any atom is -0.398 e. The van der Waals surface area contributed by atoms with Crippen molar-refractivity contribution in [2.24, 2.45) is 0 Å². The number of aryl methyl sites for hydroxylation is 2. The Bertz CT molecular complexity index is 529. The molecule has 0 aliphatic rings. The molecule has 0 radical (unpaired) electrons. The van der Waals surface area contributed by atoms with E-state index < -0.39 is 11.9 Å². The molecule has 2 aromatic rings. The first kappa shape index (κ1) is 12.6. The molecular weight excluding hydrogens is 229 g/mol. The fraction of sp³-hybridized carbons (Fsp3) is 0.200. The summed E-state index contributed by atoms with van der Waals surface area (Å²) in [4.78, 5) is 0. The summed E-state index contributed by atoms with van der Waals surface area (Å²) < 4.78 is 13.2. The van der Waals surface area contributed by atoms with E-state index in [1.807, 2.05) is 32.0 Å². The van der Waals surface area contributed by atoms with Crippen molar-refractivity contribution in [2.75, 3.05) is 5.73 Å². The lowest BCUT2D eigenvalue weighted by Gasteiger charge is -2.17. The van der Waals surface area contributed by atoms with Crippen molar-refractivity contribution in [3.05, 3.63) is 64.5 Å². The number of halogens is 1. The van der Waals surface area contributed by atoms with Crippen LogP contribution in [0.3, 0.4) is 0 Å². The van der Waals surface area contributed by atoms with Gasteiger partial charge in [-0.2, -0.15) is 0 Å². The number of nitrogen functional groups attached to an aromatic ring is 1. The summed E-state index contributed by atoms with van der Waals surface area (Å²) >= 11 is 0. The van der Waals surface area contributed by atoms with Crippen LogP contribution in [-0.4, -0.2) is 5.11 Å². The van der Waals surface area contributed by atoms with Crippen LogP contribution >= 0.6 is 0 Å². The molecule has 94 valence electrons. The van der Waals surface area contributed by atoms with Crippen LogP contribution in [0.15, 0.2) is 36.4 Å². The Morgan fingerprint density at radius 2 is 1.78 bits per heavy atom. The summed E-state index contributed by atoms with van der Waals surface area (Å²) in [6, 6.07) is 9.84. The lowest BCUT2D eigenvalue weighted by Crippen LogP contribution is -2.06. The van der Waals surface area contributed by atoms with Gasteiger partial charge in [0.1, 0.15) is 11.9 Å². The predicted octanol–water partition coefficient (Wildman–Crippen LogP) is 3.11. The number of anilines is 1. The molecule has 2 nitrogen and oxygen atoms in total. The van der Waals surface area contributed by atoms with E-state index in [2.05, 4.69) is 0 Å². The SMILES string of the molecule is Cc1ccc(C)c(C(O)c2cc(F)ccc2N)c1. The van der Waals surface area contributed by atoms with Gasteiger partial charge < -0.3 is 10.8 Å². The van der Waals surface area contributed by atoms with E-state index in [4.69, 9.17) is 5.73 Å². The van der Waals surface area contributed by atoms with Crippen LogP contribution in [0.4, 0.5) is 10.1 Å². The van der Waals surface area contributed by atoms with Crippen molar-refractivity contribution in [3.8, 4) is 0 Å². The van der Waals surface area contributed by atoms with Crippen LogP contribution in [-0.2, 0) is 0 Å². The highest BCUT2D eigenvalue weighted by Gasteiger charge is 2.16. The van der Waals surface area contributed by atoms with E-state index in [0.29, 0.717) is 11.3 Å². The van der Waals surface area contributed by atoms with E-state index >= 15 is 0 Å². The van der Waals surface area contributed by atoms with Crippen LogP contribution in [0.1, 0.15) is 28.4 Å². The molecule has 0 saturated carbocycles. The molecule has 3 heteroatoms. The van der Waals surface area contributed by atoms with Crippen LogP contribution in [0.5, 0.6) is 0 Å². The van der Waals surface area contributed by atoms with Crippen molar-refractivity contribution in [1.29, 1.82) is 0 Å². The summed E-state index contributed by atoms with van der Waals surface area (Å²) in [6.45, 7) is 3.86. The average Bonchev–Trinajstić information content (AvgIpc) is 2.34. The third-order valence-electron chi connectivity index (χ3n) is 3.07. The number of hydrogen-bond donors (Lipinski definition) is 2. The monoisotopic (exact) mass is 245 g/mol. The molecule has 0 spiro atoms. The Hall–Kier alpha value is -1.87.